The zero-order chi connectivity index (χ0) is 25.7. The number of nitriles is 2. The second-order valence-electron chi connectivity index (χ2n) is 8.55. The summed E-state index contributed by atoms with van der Waals surface area (Å²) in [5.74, 6) is 0. The molecule has 6 heteroatoms. The number of benzene rings is 3. The maximum Gasteiger partial charge on any atom is 0.150 e. The van der Waals surface area contributed by atoms with Crippen LogP contribution in [0.3, 0.4) is 0 Å². The van der Waals surface area contributed by atoms with Gasteiger partial charge in [0.1, 0.15) is 36.0 Å². The first-order valence-electron chi connectivity index (χ1n) is 12.1. The third-order valence-corrected chi connectivity index (χ3v) is 5.88. The Bertz CT molecular complexity index is 1250. The van der Waals surface area contributed by atoms with E-state index in [1.54, 1.807) is 6.26 Å². The molecule has 1 heterocycles. The molecule has 3 atom stereocenters. The van der Waals surface area contributed by atoms with E-state index >= 15 is 0 Å². The lowest BCUT2D eigenvalue weighted by Gasteiger charge is -2.37. The van der Waals surface area contributed by atoms with Crippen LogP contribution in [-0.2, 0) is 38.8 Å². The number of allylic oxidation sites excluding steroid dienone is 1. The molecule has 0 saturated heterocycles. The molecular formula is C31H28N2O4. The quantitative estimate of drug-likeness (QED) is 0.323. The second kappa shape index (κ2) is 13.8. The van der Waals surface area contributed by atoms with Crippen molar-refractivity contribution in [3.63, 3.8) is 0 Å². The van der Waals surface area contributed by atoms with Crippen molar-refractivity contribution in [1.82, 2.24) is 0 Å². The van der Waals surface area contributed by atoms with E-state index in [4.69, 9.17) is 18.9 Å². The van der Waals surface area contributed by atoms with Gasteiger partial charge in [-0.3, -0.25) is 0 Å². The zero-order valence-corrected chi connectivity index (χ0v) is 20.4. The molecule has 0 aliphatic carbocycles. The molecular weight excluding hydrogens is 464 g/mol. The summed E-state index contributed by atoms with van der Waals surface area (Å²) in [6.07, 6.45) is 1.45. The Morgan fingerprint density at radius 1 is 0.730 bits per heavy atom. The van der Waals surface area contributed by atoms with Crippen molar-refractivity contribution in [3.8, 4) is 12.1 Å². The van der Waals surface area contributed by atoms with Crippen molar-refractivity contribution < 1.29 is 18.9 Å². The first-order chi connectivity index (χ1) is 18.3. The predicted molar refractivity (Wildman–Crippen MR) is 138 cm³/mol. The molecule has 1 aliphatic heterocycles. The van der Waals surface area contributed by atoms with E-state index in [1.165, 1.54) is 6.08 Å². The van der Waals surface area contributed by atoms with Crippen LogP contribution in [0.15, 0.2) is 114 Å². The SMILES string of the molecule is N#CC(C#N)=CC1=CO[C@H](COCc2ccccc2)[C@H](OCc2ccccc2)[C@@H]1OCc1ccccc1. The Kier molecular flexibility index (Phi) is 9.63. The van der Waals surface area contributed by atoms with Gasteiger partial charge in [-0.25, -0.2) is 0 Å². The molecule has 0 fully saturated rings. The van der Waals surface area contributed by atoms with E-state index < -0.39 is 18.3 Å². The molecule has 0 saturated carbocycles. The highest BCUT2D eigenvalue weighted by atomic mass is 16.6. The monoisotopic (exact) mass is 492 g/mol. The average molecular weight is 493 g/mol. The molecule has 0 N–H and O–H groups in total. The van der Waals surface area contributed by atoms with E-state index in [2.05, 4.69) is 0 Å². The van der Waals surface area contributed by atoms with Crippen LogP contribution in [0.1, 0.15) is 16.7 Å². The smallest absolute Gasteiger partial charge is 0.150 e. The number of nitrogens with zero attached hydrogens (tertiary/aromatic N) is 2. The predicted octanol–water partition coefficient (Wildman–Crippen LogP) is 5.63. The van der Waals surface area contributed by atoms with Crippen molar-refractivity contribution in [2.75, 3.05) is 6.61 Å². The fourth-order valence-electron chi connectivity index (χ4n) is 3.98. The average Bonchev–Trinajstić information content (AvgIpc) is 2.96. The van der Waals surface area contributed by atoms with Crippen LogP contribution in [0.2, 0.25) is 0 Å². The van der Waals surface area contributed by atoms with Crippen LogP contribution in [0, 0.1) is 22.7 Å². The lowest BCUT2D eigenvalue weighted by Crippen LogP contribution is -2.47. The molecule has 0 unspecified atom stereocenters. The van der Waals surface area contributed by atoms with Gasteiger partial charge >= 0.3 is 0 Å². The maximum atomic E-state index is 9.34. The lowest BCUT2D eigenvalue weighted by molar-refractivity contribution is -0.150. The summed E-state index contributed by atoms with van der Waals surface area (Å²) in [6, 6.07) is 33.4. The van der Waals surface area contributed by atoms with Gasteiger partial charge in [-0.2, -0.15) is 10.5 Å². The molecule has 0 bridgehead atoms. The van der Waals surface area contributed by atoms with Crippen LogP contribution in [0.25, 0.3) is 0 Å². The summed E-state index contributed by atoms with van der Waals surface area (Å²) in [7, 11) is 0. The molecule has 6 nitrogen and oxygen atoms in total. The van der Waals surface area contributed by atoms with Crippen molar-refractivity contribution in [2.45, 2.75) is 38.1 Å². The fourth-order valence-corrected chi connectivity index (χ4v) is 3.98. The molecule has 3 aromatic carbocycles. The van der Waals surface area contributed by atoms with Crippen LogP contribution < -0.4 is 0 Å². The van der Waals surface area contributed by atoms with Crippen molar-refractivity contribution >= 4 is 0 Å². The standard InChI is InChI=1S/C31H28N2O4/c32-17-27(18-33)16-28-22-35-29(23-34-19-24-10-4-1-5-11-24)31(37-21-26-14-8-3-9-15-26)30(28)36-20-25-12-6-2-7-13-25/h1-16,22,29-31H,19-21,23H2/t29-,30-,31+/m1/s1. The molecule has 0 amide bonds. The number of hydrogen-bond acceptors (Lipinski definition) is 6. The molecule has 4 rings (SSSR count). The van der Waals surface area contributed by atoms with Crippen LogP contribution in [-0.4, -0.2) is 24.9 Å². The molecule has 0 spiro atoms. The van der Waals surface area contributed by atoms with Gasteiger partial charge < -0.3 is 18.9 Å². The lowest BCUT2D eigenvalue weighted by atomic mass is 9.96. The third-order valence-electron chi connectivity index (χ3n) is 5.88. The normalized spacial score (nSPS) is 18.5. The highest BCUT2D eigenvalue weighted by molar-refractivity contribution is 5.43. The summed E-state index contributed by atoms with van der Waals surface area (Å²) in [5, 5.41) is 18.7. The Hall–Kier alpha value is -4.20. The van der Waals surface area contributed by atoms with Crippen LogP contribution >= 0.6 is 0 Å². The molecule has 3 aromatic rings. The van der Waals surface area contributed by atoms with Crippen molar-refractivity contribution in [2.24, 2.45) is 0 Å². The van der Waals surface area contributed by atoms with Gasteiger partial charge in [0.05, 0.1) is 32.7 Å². The number of rotatable bonds is 11. The molecule has 0 aromatic heterocycles. The molecule has 0 radical (unpaired) electrons. The second-order valence-corrected chi connectivity index (χ2v) is 8.55. The van der Waals surface area contributed by atoms with Gasteiger partial charge in [0.2, 0.25) is 0 Å². The van der Waals surface area contributed by atoms with E-state index in [0.29, 0.717) is 25.4 Å². The van der Waals surface area contributed by atoms with Gasteiger partial charge in [-0.15, -0.1) is 0 Å². The van der Waals surface area contributed by atoms with Crippen molar-refractivity contribution in [1.29, 1.82) is 10.5 Å². The highest BCUT2D eigenvalue weighted by Gasteiger charge is 2.38. The number of hydrogen-bond donors (Lipinski definition) is 0. The van der Waals surface area contributed by atoms with Gasteiger partial charge in [0.25, 0.3) is 0 Å². The van der Waals surface area contributed by atoms with E-state index in [1.807, 2.05) is 103 Å². The summed E-state index contributed by atoms with van der Waals surface area (Å²) in [4.78, 5) is 0. The Morgan fingerprint density at radius 3 is 1.78 bits per heavy atom. The minimum Gasteiger partial charge on any atom is -0.492 e. The summed E-state index contributed by atoms with van der Waals surface area (Å²) in [5.41, 5.74) is 3.59. The van der Waals surface area contributed by atoms with Gasteiger partial charge in [-0.1, -0.05) is 91.0 Å². The largest absolute Gasteiger partial charge is 0.492 e. The Balaban J connectivity index is 1.57. The fraction of sp³-hybridized carbons (Fsp3) is 0.226. The summed E-state index contributed by atoms with van der Waals surface area (Å²) in [6.45, 7) is 1.38. The highest BCUT2D eigenvalue weighted by Crippen LogP contribution is 2.29. The van der Waals surface area contributed by atoms with E-state index in [0.717, 1.165) is 16.7 Å². The van der Waals surface area contributed by atoms with Crippen LogP contribution in [0.4, 0.5) is 0 Å². The van der Waals surface area contributed by atoms with Gasteiger partial charge in [0, 0.05) is 5.57 Å². The minimum absolute atomic E-state index is 0.0382. The number of ether oxygens (including phenoxy) is 4. The third kappa shape index (κ3) is 7.64. The maximum absolute atomic E-state index is 9.34. The summed E-state index contributed by atoms with van der Waals surface area (Å²) >= 11 is 0. The van der Waals surface area contributed by atoms with Gasteiger partial charge in [-0.05, 0) is 22.8 Å². The summed E-state index contributed by atoms with van der Waals surface area (Å²) < 4.78 is 24.8. The van der Waals surface area contributed by atoms with Crippen LogP contribution in [0.5, 0.6) is 0 Å². The van der Waals surface area contributed by atoms with E-state index in [-0.39, 0.29) is 12.2 Å². The van der Waals surface area contributed by atoms with E-state index in [9.17, 15) is 10.5 Å². The minimum atomic E-state index is -0.584. The first-order valence-corrected chi connectivity index (χ1v) is 12.1. The molecule has 186 valence electrons. The Labute approximate surface area is 217 Å². The molecule has 1 aliphatic rings. The topological polar surface area (TPSA) is 84.5 Å². The van der Waals surface area contributed by atoms with Gasteiger partial charge in [0.15, 0.2) is 0 Å². The van der Waals surface area contributed by atoms with Crippen molar-refractivity contribution in [3.05, 3.63) is 131 Å². The Morgan fingerprint density at radius 2 is 1.24 bits per heavy atom. The first kappa shape index (κ1) is 25.9. The zero-order valence-electron chi connectivity index (χ0n) is 20.4. The molecule has 37 heavy (non-hydrogen) atoms.